The summed E-state index contributed by atoms with van der Waals surface area (Å²) in [5.41, 5.74) is 0.803. The molecular weight excluding hydrogens is 328 g/mol. The summed E-state index contributed by atoms with van der Waals surface area (Å²) in [5.74, 6) is -0.917. The average Bonchev–Trinajstić information content (AvgIpc) is 2.18. The fourth-order valence-electron chi connectivity index (χ4n) is 0.968. The predicted molar refractivity (Wildman–Crippen MR) is 64.8 cm³/mol. The molecule has 0 atom stereocenters. The zero-order chi connectivity index (χ0) is 11.6. The van der Waals surface area contributed by atoms with Gasteiger partial charge in [-0.25, -0.2) is 4.79 Å². The highest BCUT2D eigenvalue weighted by molar-refractivity contribution is 9.11. The molecule has 1 aromatic carbocycles. The van der Waals surface area contributed by atoms with Gasteiger partial charge in [0, 0.05) is 15.6 Å². The van der Waals surface area contributed by atoms with E-state index >= 15 is 0 Å². The van der Waals surface area contributed by atoms with Crippen LogP contribution in [0.5, 0.6) is 5.75 Å². The fraction of sp³-hybridized carbons (Fsp3) is 0.100. The van der Waals surface area contributed by atoms with Crippen LogP contribution in [0.3, 0.4) is 0 Å². The quantitative estimate of drug-likeness (QED) is 0.814. The fourth-order valence-corrected chi connectivity index (χ4v) is 2.14. The third kappa shape index (κ3) is 2.82. The Morgan fingerprint density at radius 1 is 1.40 bits per heavy atom. The van der Waals surface area contributed by atoms with Crippen molar-refractivity contribution in [2.24, 2.45) is 0 Å². The van der Waals surface area contributed by atoms with E-state index in [-0.39, 0.29) is 11.3 Å². The van der Waals surface area contributed by atoms with Crippen molar-refractivity contribution in [1.29, 1.82) is 0 Å². The van der Waals surface area contributed by atoms with E-state index in [2.05, 4.69) is 31.9 Å². The molecule has 5 heteroatoms. The molecule has 3 nitrogen and oxygen atoms in total. The summed E-state index contributed by atoms with van der Waals surface area (Å²) in [6.45, 7) is 1.49. The van der Waals surface area contributed by atoms with Crippen molar-refractivity contribution in [1.82, 2.24) is 0 Å². The second-order valence-electron chi connectivity index (χ2n) is 2.93. The Morgan fingerprint density at radius 2 is 2.00 bits per heavy atom. The zero-order valence-electron chi connectivity index (χ0n) is 7.79. The minimum absolute atomic E-state index is 0.0719. The van der Waals surface area contributed by atoms with Gasteiger partial charge in [0.1, 0.15) is 5.75 Å². The minimum atomic E-state index is -0.989. The molecule has 0 aliphatic heterocycles. The summed E-state index contributed by atoms with van der Waals surface area (Å²) in [6, 6.07) is 3.17. The van der Waals surface area contributed by atoms with Gasteiger partial charge >= 0.3 is 5.97 Å². The van der Waals surface area contributed by atoms with Gasteiger partial charge < -0.3 is 10.2 Å². The first-order valence-corrected chi connectivity index (χ1v) is 5.60. The number of aliphatic carboxylic acids is 1. The highest BCUT2D eigenvalue weighted by Crippen LogP contribution is 2.34. The Labute approximate surface area is 104 Å². The Morgan fingerprint density at radius 3 is 2.53 bits per heavy atom. The van der Waals surface area contributed by atoms with E-state index in [1.54, 1.807) is 6.07 Å². The van der Waals surface area contributed by atoms with Crippen LogP contribution < -0.4 is 0 Å². The lowest BCUT2D eigenvalue weighted by atomic mass is 10.1. The van der Waals surface area contributed by atoms with Crippen molar-refractivity contribution < 1.29 is 15.0 Å². The lowest BCUT2D eigenvalue weighted by molar-refractivity contribution is -0.132. The van der Waals surface area contributed by atoms with Gasteiger partial charge in [-0.1, -0.05) is 15.9 Å². The van der Waals surface area contributed by atoms with Crippen LogP contribution in [0.1, 0.15) is 12.5 Å². The first-order chi connectivity index (χ1) is 6.93. The number of phenols is 1. The van der Waals surface area contributed by atoms with Crippen LogP contribution >= 0.6 is 31.9 Å². The van der Waals surface area contributed by atoms with Gasteiger partial charge in [-0.2, -0.15) is 0 Å². The number of rotatable bonds is 2. The predicted octanol–water partition coefficient (Wildman–Crippen LogP) is 3.41. The average molecular weight is 336 g/mol. The SMILES string of the molecule is CC(=Cc1c(Br)ccc(O)c1Br)C(=O)O. The van der Waals surface area contributed by atoms with Crippen LogP contribution in [0, 0.1) is 0 Å². The number of halogens is 2. The number of carboxylic acid groups (broad SMARTS) is 1. The Bertz CT molecular complexity index is 439. The van der Waals surface area contributed by atoms with Crippen LogP contribution in [0.25, 0.3) is 6.08 Å². The van der Waals surface area contributed by atoms with Crippen molar-refractivity contribution in [3.05, 3.63) is 32.2 Å². The normalized spacial score (nSPS) is 11.5. The van der Waals surface area contributed by atoms with E-state index in [1.165, 1.54) is 19.1 Å². The molecule has 0 saturated heterocycles. The second-order valence-corrected chi connectivity index (χ2v) is 4.57. The van der Waals surface area contributed by atoms with Crippen LogP contribution in [0.15, 0.2) is 26.7 Å². The summed E-state index contributed by atoms with van der Waals surface area (Å²) in [7, 11) is 0. The number of aromatic hydroxyl groups is 1. The summed E-state index contributed by atoms with van der Waals surface area (Å²) in [6.07, 6.45) is 1.48. The summed E-state index contributed by atoms with van der Waals surface area (Å²) >= 11 is 6.47. The molecule has 0 heterocycles. The molecule has 0 aliphatic carbocycles. The molecule has 0 aromatic heterocycles. The second kappa shape index (κ2) is 4.81. The van der Waals surface area contributed by atoms with Crippen molar-refractivity contribution in [2.75, 3.05) is 0 Å². The molecule has 0 aliphatic rings. The first-order valence-electron chi connectivity index (χ1n) is 4.02. The Hall–Kier alpha value is -0.810. The van der Waals surface area contributed by atoms with Crippen molar-refractivity contribution >= 4 is 43.9 Å². The Kier molecular flexibility index (Phi) is 3.93. The van der Waals surface area contributed by atoms with E-state index in [0.717, 1.165) is 0 Å². The lowest BCUT2D eigenvalue weighted by Gasteiger charge is -2.05. The van der Waals surface area contributed by atoms with E-state index in [4.69, 9.17) is 5.11 Å². The van der Waals surface area contributed by atoms with Gasteiger partial charge in [0.15, 0.2) is 0 Å². The molecular formula is C10H8Br2O3. The molecule has 0 amide bonds. The minimum Gasteiger partial charge on any atom is -0.507 e. The molecule has 0 spiro atoms. The van der Waals surface area contributed by atoms with Crippen LogP contribution in [-0.2, 0) is 4.79 Å². The smallest absolute Gasteiger partial charge is 0.331 e. The largest absolute Gasteiger partial charge is 0.507 e. The summed E-state index contributed by atoms with van der Waals surface area (Å²) < 4.78 is 1.19. The molecule has 80 valence electrons. The Balaban J connectivity index is 3.32. The van der Waals surface area contributed by atoms with Gasteiger partial charge in [-0.15, -0.1) is 0 Å². The molecule has 1 rings (SSSR count). The number of phenolic OH excluding ortho intramolecular Hbond substituents is 1. The number of carbonyl (C=O) groups is 1. The maximum absolute atomic E-state index is 10.6. The number of hydrogen-bond acceptors (Lipinski definition) is 2. The van der Waals surface area contributed by atoms with Crippen LogP contribution in [-0.4, -0.2) is 16.2 Å². The molecule has 1 aromatic rings. The maximum Gasteiger partial charge on any atom is 0.331 e. The highest BCUT2D eigenvalue weighted by Gasteiger charge is 2.09. The van der Waals surface area contributed by atoms with Crippen LogP contribution in [0.4, 0.5) is 0 Å². The monoisotopic (exact) mass is 334 g/mol. The van der Waals surface area contributed by atoms with E-state index in [1.807, 2.05) is 0 Å². The number of hydrogen-bond donors (Lipinski definition) is 2. The van der Waals surface area contributed by atoms with Gasteiger partial charge in [-0.3, -0.25) is 0 Å². The van der Waals surface area contributed by atoms with E-state index in [9.17, 15) is 9.90 Å². The maximum atomic E-state index is 10.6. The first kappa shape index (κ1) is 12.3. The third-order valence-corrected chi connectivity index (χ3v) is 3.33. The number of carboxylic acids is 1. The molecule has 0 saturated carbocycles. The van der Waals surface area contributed by atoms with E-state index in [0.29, 0.717) is 14.5 Å². The topological polar surface area (TPSA) is 57.5 Å². The standard InChI is InChI=1S/C10H8Br2O3/c1-5(10(14)15)4-6-7(11)2-3-8(13)9(6)12/h2-4,13H,1H3,(H,14,15). The molecule has 0 radical (unpaired) electrons. The summed E-state index contributed by atoms with van der Waals surface area (Å²) in [5, 5.41) is 18.2. The summed E-state index contributed by atoms with van der Waals surface area (Å²) in [4.78, 5) is 10.6. The van der Waals surface area contributed by atoms with Gasteiger partial charge in [0.25, 0.3) is 0 Å². The zero-order valence-corrected chi connectivity index (χ0v) is 11.0. The molecule has 0 bridgehead atoms. The van der Waals surface area contributed by atoms with Gasteiger partial charge in [0.05, 0.1) is 4.47 Å². The van der Waals surface area contributed by atoms with Crippen molar-refractivity contribution in [3.63, 3.8) is 0 Å². The van der Waals surface area contributed by atoms with Crippen molar-refractivity contribution in [3.8, 4) is 5.75 Å². The van der Waals surface area contributed by atoms with E-state index < -0.39 is 5.97 Å². The molecule has 0 unspecified atom stereocenters. The number of benzene rings is 1. The van der Waals surface area contributed by atoms with Gasteiger partial charge in [0.2, 0.25) is 0 Å². The van der Waals surface area contributed by atoms with Gasteiger partial charge in [-0.05, 0) is 41.1 Å². The van der Waals surface area contributed by atoms with Crippen LogP contribution in [0.2, 0.25) is 0 Å². The molecule has 0 fully saturated rings. The lowest BCUT2D eigenvalue weighted by Crippen LogP contribution is -1.96. The highest BCUT2D eigenvalue weighted by atomic mass is 79.9. The molecule has 15 heavy (non-hydrogen) atoms. The third-order valence-electron chi connectivity index (χ3n) is 1.80. The molecule has 2 N–H and O–H groups in total. The van der Waals surface area contributed by atoms with Crippen molar-refractivity contribution in [2.45, 2.75) is 6.92 Å².